The highest BCUT2D eigenvalue weighted by Crippen LogP contribution is 2.14. The second-order valence-electron chi connectivity index (χ2n) is 2.84. The molecule has 11 heavy (non-hydrogen) atoms. The SMILES string of the molecule is C[C@@H]1CC(=O)NC[C@@H]1[N+](=O)[O-]. The van der Waals surface area contributed by atoms with Crippen molar-refractivity contribution in [3.8, 4) is 0 Å². The summed E-state index contributed by atoms with van der Waals surface area (Å²) >= 11 is 0. The molecule has 1 amide bonds. The summed E-state index contributed by atoms with van der Waals surface area (Å²) in [5, 5.41) is 12.8. The fourth-order valence-corrected chi connectivity index (χ4v) is 1.20. The van der Waals surface area contributed by atoms with Crippen molar-refractivity contribution in [2.45, 2.75) is 19.4 Å². The number of rotatable bonds is 1. The summed E-state index contributed by atoms with van der Waals surface area (Å²) in [4.78, 5) is 20.7. The van der Waals surface area contributed by atoms with Crippen LogP contribution in [0.3, 0.4) is 0 Å². The maximum atomic E-state index is 10.7. The van der Waals surface area contributed by atoms with Gasteiger partial charge in [-0.15, -0.1) is 0 Å². The topological polar surface area (TPSA) is 72.2 Å². The number of carbonyl (C=O) groups is 1. The van der Waals surface area contributed by atoms with E-state index < -0.39 is 6.04 Å². The molecular formula is C6H10N2O3. The van der Waals surface area contributed by atoms with Gasteiger partial charge in [0.2, 0.25) is 11.9 Å². The molecule has 0 aliphatic carbocycles. The van der Waals surface area contributed by atoms with E-state index in [1.165, 1.54) is 0 Å². The van der Waals surface area contributed by atoms with Crippen LogP contribution in [0.1, 0.15) is 13.3 Å². The van der Waals surface area contributed by atoms with E-state index in [0.29, 0.717) is 0 Å². The molecular weight excluding hydrogens is 148 g/mol. The lowest BCUT2D eigenvalue weighted by Crippen LogP contribution is -2.46. The predicted molar refractivity (Wildman–Crippen MR) is 37.6 cm³/mol. The molecule has 5 nitrogen and oxygen atoms in total. The van der Waals surface area contributed by atoms with Gasteiger partial charge in [0, 0.05) is 17.3 Å². The number of hydrogen-bond acceptors (Lipinski definition) is 3. The zero-order valence-corrected chi connectivity index (χ0v) is 6.24. The summed E-state index contributed by atoms with van der Waals surface area (Å²) in [5.74, 6) is -0.227. The van der Waals surface area contributed by atoms with Gasteiger partial charge in [-0.2, -0.15) is 0 Å². The van der Waals surface area contributed by atoms with Gasteiger partial charge in [0.1, 0.15) is 0 Å². The summed E-state index contributed by atoms with van der Waals surface area (Å²) < 4.78 is 0. The van der Waals surface area contributed by atoms with Gasteiger partial charge >= 0.3 is 0 Å². The second kappa shape index (κ2) is 2.86. The molecule has 0 unspecified atom stereocenters. The molecule has 0 saturated carbocycles. The first-order valence-electron chi connectivity index (χ1n) is 3.51. The minimum Gasteiger partial charge on any atom is -0.349 e. The highest BCUT2D eigenvalue weighted by molar-refractivity contribution is 5.77. The average molecular weight is 158 g/mol. The minimum atomic E-state index is -0.604. The first-order chi connectivity index (χ1) is 5.11. The Morgan fingerprint density at radius 1 is 1.73 bits per heavy atom. The summed E-state index contributed by atoms with van der Waals surface area (Å²) in [6.45, 7) is 1.90. The van der Waals surface area contributed by atoms with Crippen molar-refractivity contribution in [2.24, 2.45) is 5.92 Å². The summed E-state index contributed by atoms with van der Waals surface area (Å²) in [5.41, 5.74) is 0. The Morgan fingerprint density at radius 2 is 2.36 bits per heavy atom. The third-order valence-electron chi connectivity index (χ3n) is 1.94. The highest BCUT2D eigenvalue weighted by Gasteiger charge is 2.33. The van der Waals surface area contributed by atoms with Crippen molar-refractivity contribution in [3.05, 3.63) is 10.1 Å². The van der Waals surface area contributed by atoms with Crippen LogP contribution in [0.2, 0.25) is 0 Å². The normalized spacial score (nSPS) is 31.2. The van der Waals surface area contributed by atoms with Crippen LogP contribution >= 0.6 is 0 Å². The van der Waals surface area contributed by atoms with Crippen molar-refractivity contribution in [2.75, 3.05) is 6.54 Å². The Morgan fingerprint density at radius 3 is 2.82 bits per heavy atom. The Bertz CT molecular complexity index is 192. The number of hydrogen-bond donors (Lipinski definition) is 1. The second-order valence-corrected chi connectivity index (χ2v) is 2.84. The molecule has 2 atom stereocenters. The van der Waals surface area contributed by atoms with E-state index in [9.17, 15) is 14.9 Å². The Hall–Kier alpha value is -1.13. The van der Waals surface area contributed by atoms with E-state index in [1.54, 1.807) is 6.92 Å². The summed E-state index contributed by atoms with van der Waals surface area (Å²) in [7, 11) is 0. The molecule has 0 aromatic carbocycles. The fraction of sp³-hybridized carbons (Fsp3) is 0.833. The van der Waals surface area contributed by atoms with Crippen LogP contribution in [0.25, 0.3) is 0 Å². The van der Waals surface area contributed by atoms with E-state index in [1.807, 2.05) is 0 Å². The van der Waals surface area contributed by atoms with Crippen molar-refractivity contribution in [1.82, 2.24) is 5.32 Å². The van der Waals surface area contributed by atoms with Gasteiger partial charge in [-0.05, 0) is 0 Å². The van der Waals surface area contributed by atoms with Gasteiger partial charge in [-0.25, -0.2) is 0 Å². The van der Waals surface area contributed by atoms with Crippen LogP contribution in [0.4, 0.5) is 0 Å². The molecule has 62 valence electrons. The zero-order chi connectivity index (χ0) is 8.43. The van der Waals surface area contributed by atoms with Crippen molar-refractivity contribution < 1.29 is 9.72 Å². The van der Waals surface area contributed by atoms with Gasteiger partial charge < -0.3 is 5.32 Å². The van der Waals surface area contributed by atoms with Gasteiger partial charge in [0.05, 0.1) is 6.54 Å². The Balaban J connectivity index is 2.57. The van der Waals surface area contributed by atoms with Crippen LogP contribution in [0.5, 0.6) is 0 Å². The largest absolute Gasteiger partial charge is 0.349 e. The molecule has 1 N–H and O–H groups in total. The van der Waals surface area contributed by atoms with E-state index in [-0.39, 0.29) is 29.7 Å². The lowest BCUT2D eigenvalue weighted by Gasteiger charge is -2.21. The molecule has 1 heterocycles. The minimum absolute atomic E-state index is 0.0874. The van der Waals surface area contributed by atoms with Gasteiger partial charge in [-0.3, -0.25) is 14.9 Å². The molecule has 1 saturated heterocycles. The van der Waals surface area contributed by atoms with Crippen molar-refractivity contribution in [3.63, 3.8) is 0 Å². The standard InChI is InChI=1S/C6H10N2O3/c1-4-2-6(9)7-3-5(4)8(10)11/h4-5H,2-3H2,1H3,(H,7,9)/t4-,5+/m1/s1. The first-order valence-corrected chi connectivity index (χ1v) is 3.51. The third kappa shape index (κ3) is 1.66. The van der Waals surface area contributed by atoms with Crippen molar-refractivity contribution in [1.29, 1.82) is 0 Å². The van der Waals surface area contributed by atoms with Gasteiger partial charge in [-0.1, -0.05) is 6.92 Å². The van der Waals surface area contributed by atoms with Gasteiger partial charge in [0.25, 0.3) is 0 Å². The fourth-order valence-electron chi connectivity index (χ4n) is 1.20. The molecule has 1 aliphatic heterocycles. The summed E-state index contributed by atoms with van der Waals surface area (Å²) in [6, 6.07) is -0.604. The summed E-state index contributed by atoms with van der Waals surface area (Å²) in [6.07, 6.45) is 0.269. The number of piperidine rings is 1. The van der Waals surface area contributed by atoms with Crippen LogP contribution < -0.4 is 5.32 Å². The Labute approximate surface area is 63.9 Å². The molecule has 1 fully saturated rings. The maximum absolute atomic E-state index is 10.7. The highest BCUT2D eigenvalue weighted by atomic mass is 16.6. The lowest BCUT2D eigenvalue weighted by molar-refractivity contribution is -0.530. The number of nitro groups is 1. The zero-order valence-electron chi connectivity index (χ0n) is 6.24. The van der Waals surface area contributed by atoms with E-state index in [2.05, 4.69) is 5.32 Å². The lowest BCUT2D eigenvalue weighted by atomic mass is 9.95. The molecule has 1 rings (SSSR count). The number of nitrogens with one attached hydrogen (secondary N) is 1. The van der Waals surface area contributed by atoms with Crippen LogP contribution in [0, 0.1) is 16.0 Å². The molecule has 0 aromatic rings. The van der Waals surface area contributed by atoms with Crippen LogP contribution in [0.15, 0.2) is 0 Å². The maximum Gasteiger partial charge on any atom is 0.233 e. The van der Waals surface area contributed by atoms with Crippen LogP contribution in [-0.2, 0) is 4.79 Å². The molecule has 0 aromatic heterocycles. The third-order valence-corrected chi connectivity index (χ3v) is 1.94. The molecule has 5 heteroatoms. The number of nitrogens with zero attached hydrogens (tertiary/aromatic N) is 1. The van der Waals surface area contributed by atoms with Gasteiger partial charge in [0.15, 0.2) is 0 Å². The number of carbonyl (C=O) groups excluding carboxylic acids is 1. The van der Waals surface area contributed by atoms with Crippen molar-refractivity contribution >= 4 is 5.91 Å². The average Bonchev–Trinajstić information content (AvgIpc) is 1.85. The monoisotopic (exact) mass is 158 g/mol. The smallest absolute Gasteiger partial charge is 0.233 e. The molecule has 0 bridgehead atoms. The molecule has 0 radical (unpaired) electrons. The van der Waals surface area contributed by atoms with Crippen LogP contribution in [-0.4, -0.2) is 23.4 Å². The Kier molecular flexibility index (Phi) is 2.07. The predicted octanol–water partition coefficient (Wildman–Crippen LogP) is -0.212. The van der Waals surface area contributed by atoms with E-state index in [4.69, 9.17) is 0 Å². The molecule has 1 aliphatic rings. The number of amides is 1. The quantitative estimate of drug-likeness (QED) is 0.424. The molecule has 0 spiro atoms. The first kappa shape index (κ1) is 7.97. The van der Waals surface area contributed by atoms with E-state index >= 15 is 0 Å². The van der Waals surface area contributed by atoms with E-state index in [0.717, 1.165) is 0 Å².